The van der Waals surface area contributed by atoms with E-state index >= 15 is 0 Å². The highest BCUT2D eigenvalue weighted by Crippen LogP contribution is 2.31. The number of nitrogens with zero attached hydrogens (tertiary/aromatic N) is 1. The molecule has 96 valence electrons. The molecule has 0 aliphatic rings. The molecule has 0 aliphatic carbocycles. The fourth-order valence-corrected chi connectivity index (χ4v) is 2.30. The van der Waals surface area contributed by atoms with Gasteiger partial charge in [0.1, 0.15) is 5.75 Å². The van der Waals surface area contributed by atoms with Gasteiger partial charge in [0.2, 0.25) is 5.82 Å². The molecule has 0 saturated heterocycles. The molecule has 6 heteroatoms. The van der Waals surface area contributed by atoms with Gasteiger partial charge in [0.05, 0.1) is 11.6 Å². The molecule has 0 bridgehead atoms. The van der Waals surface area contributed by atoms with Crippen LogP contribution < -0.4 is 4.74 Å². The van der Waals surface area contributed by atoms with Gasteiger partial charge in [-0.25, -0.2) is 4.39 Å². The highest BCUT2D eigenvalue weighted by molar-refractivity contribution is 9.10. The first-order valence-electron chi connectivity index (χ1n) is 5.02. The van der Waals surface area contributed by atoms with E-state index in [1.165, 1.54) is 12.1 Å². The molecule has 0 amide bonds. The van der Waals surface area contributed by atoms with Gasteiger partial charge in [0, 0.05) is 8.95 Å². The molecule has 2 rings (SSSR count). The predicted molar refractivity (Wildman–Crippen MR) is 73.0 cm³/mol. The molecule has 0 saturated carbocycles. The molecule has 0 fully saturated rings. The minimum atomic E-state index is -1.08. The van der Waals surface area contributed by atoms with E-state index in [9.17, 15) is 8.78 Å². The van der Waals surface area contributed by atoms with E-state index in [0.717, 1.165) is 6.07 Å². The van der Waals surface area contributed by atoms with Crippen LogP contribution in [0.3, 0.4) is 0 Å². The Morgan fingerprint density at radius 2 is 1.68 bits per heavy atom. The van der Waals surface area contributed by atoms with Crippen LogP contribution in [0.15, 0.2) is 39.3 Å². The van der Waals surface area contributed by atoms with E-state index in [0.29, 0.717) is 14.5 Å². The lowest BCUT2D eigenvalue weighted by Crippen LogP contribution is -1.93. The summed E-state index contributed by atoms with van der Waals surface area (Å²) in [5, 5.41) is 8.83. The predicted octanol–water partition coefficient (Wildman–Crippen LogP) is 5.15. The molecular weight excluding hydrogens is 384 g/mol. The molecule has 0 N–H and O–H groups in total. The molecule has 2 nitrogen and oxygen atoms in total. The second-order valence-corrected chi connectivity index (χ2v) is 5.42. The Labute approximate surface area is 124 Å². The van der Waals surface area contributed by atoms with Gasteiger partial charge in [-0.15, -0.1) is 0 Å². The van der Waals surface area contributed by atoms with Crippen molar-refractivity contribution in [2.45, 2.75) is 0 Å². The van der Waals surface area contributed by atoms with E-state index in [2.05, 4.69) is 31.9 Å². The highest BCUT2D eigenvalue weighted by atomic mass is 79.9. The van der Waals surface area contributed by atoms with Crippen LogP contribution in [0.4, 0.5) is 8.78 Å². The van der Waals surface area contributed by atoms with Gasteiger partial charge in [-0.2, -0.15) is 9.65 Å². The maximum Gasteiger partial charge on any atom is 0.201 e. The van der Waals surface area contributed by atoms with E-state index in [4.69, 9.17) is 10.00 Å². The van der Waals surface area contributed by atoms with Crippen molar-refractivity contribution in [3.05, 3.63) is 56.5 Å². The van der Waals surface area contributed by atoms with Gasteiger partial charge in [-0.3, -0.25) is 0 Å². The minimum absolute atomic E-state index is 0.238. The lowest BCUT2D eigenvalue weighted by Gasteiger charge is -2.08. The van der Waals surface area contributed by atoms with Gasteiger partial charge in [0.25, 0.3) is 0 Å². The first kappa shape index (κ1) is 14.0. The van der Waals surface area contributed by atoms with Crippen molar-refractivity contribution in [1.82, 2.24) is 0 Å². The fraction of sp³-hybridized carbons (Fsp3) is 0. The van der Waals surface area contributed by atoms with Gasteiger partial charge >= 0.3 is 0 Å². The van der Waals surface area contributed by atoms with Crippen molar-refractivity contribution in [3.8, 4) is 17.6 Å². The smallest absolute Gasteiger partial charge is 0.201 e. The molecule has 0 unspecified atom stereocenters. The zero-order chi connectivity index (χ0) is 14.0. The SMILES string of the molecule is N#Cc1cc(Br)cc(Oc2cc(Br)cc(F)c2F)c1. The van der Waals surface area contributed by atoms with Crippen LogP contribution in [0.5, 0.6) is 11.5 Å². The molecule has 19 heavy (non-hydrogen) atoms. The van der Waals surface area contributed by atoms with Crippen LogP contribution in [0.25, 0.3) is 0 Å². The number of rotatable bonds is 2. The van der Waals surface area contributed by atoms with Crippen molar-refractivity contribution in [2.24, 2.45) is 0 Å². The number of halogens is 4. The molecule has 0 aromatic heterocycles. The third-order valence-electron chi connectivity index (χ3n) is 2.19. The Hall–Kier alpha value is -1.45. The molecule has 0 radical (unpaired) electrons. The van der Waals surface area contributed by atoms with Gasteiger partial charge in [-0.05, 0) is 30.3 Å². The van der Waals surface area contributed by atoms with E-state index < -0.39 is 11.6 Å². The summed E-state index contributed by atoms with van der Waals surface area (Å²) in [6.45, 7) is 0. The Balaban J connectivity index is 2.42. The Morgan fingerprint density at radius 3 is 2.37 bits per heavy atom. The summed E-state index contributed by atoms with van der Waals surface area (Å²) in [6, 6.07) is 8.84. The molecular formula is C13H5Br2F2NO. The van der Waals surface area contributed by atoms with Crippen LogP contribution in [0.2, 0.25) is 0 Å². The van der Waals surface area contributed by atoms with Crippen LogP contribution in [0.1, 0.15) is 5.56 Å². The average molecular weight is 389 g/mol. The minimum Gasteiger partial charge on any atom is -0.454 e. The van der Waals surface area contributed by atoms with Crippen LogP contribution >= 0.6 is 31.9 Å². The first-order valence-corrected chi connectivity index (χ1v) is 6.61. The Morgan fingerprint density at radius 1 is 1.00 bits per heavy atom. The maximum absolute atomic E-state index is 13.6. The summed E-state index contributed by atoms with van der Waals surface area (Å²) >= 11 is 6.26. The normalized spacial score (nSPS) is 10.1. The monoisotopic (exact) mass is 387 g/mol. The van der Waals surface area contributed by atoms with E-state index in [1.807, 2.05) is 6.07 Å². The summed E-state index contributed by atoms with van der Waals surface area (Å²) in [7, 11) is 0. The van der Waals surface area contributed by atoms with Crippen molar-refractivity contribution in [3.63, 3.8) is 0 Å². The largest absolute Gasteiger partial charge is 0.454 e. The van der Waals surface area contributed by atoms with Gasteiger partial charge in [-0.1, -0.05) is 31.9 Å². The van der Waals surface area contributed by atoms with E-state index in [1.54, 1.807) is 12.1 Å². The van der Waals surface area contributed by atoms with E-state index in [-0.39, 0.29) is 11.5 Å². The van der Waals surface area contributed by atoms with Crippen LogP contribution in [-0.4, -0.2) is 0 Å². The lowest BCUT2D eigenvalue weighted by atomic mass is 10.2. The van der Waals surface area contributed by atoms with Gasteiger partial charge in [0.15, 0.2) is 11.6 Å². The molecule has 2 aromatic carbocycles. The number of benzene rings is 2. The fourth-order valence-electron chi connectivity index (χ4n) is 1.42. The maximum atomic E-state index is 13.6. The first-order chi connectivity index (χ1) is 8.99. The second-order valence-electron chi connectivity index (χ2n) is 3.59. The number of nitriles is 1. The molecule has 2 aromatic rings. The van der Waals surface area contributed by atoms with Crippen LogP contribution in [-0.2, 0) is 0 Å². The molecule has 0 aliphatic heterocycles. The average Bonchev–Trinajstić information content (AvgIpc) is 2.34. The molecule has 0 heterocycles. The molecule has 0 atom stereocenters. The van der Waals surface area contributed by atoms with Gasteiger partial charge < -0.3 is 4.74 Å². The topological polar surface area (TPSA) is 33.0 Å². The van der Waals surface area contributed by atoms with Crippen LogP contribution in [0, 0.1) is 23.0 Å². The second kappa shape index (κ2) is 5.68. The summed E-state index contributed by atoms with van der Waals surface area (Å²) in [5.41, 5.74) is 0.347. The summed E-state index contributed by atoms with van der Waals surface area (Å²) < 4.78 is 33.0. The molecule has 0 spiro atoms. The standard InChI is InChI=1S/C13H5Br2F2NO/c14-8-1-7(6-18)2-10(3-8)19-12-5-9(15)4-11(16)13(12)17/h1-5H. The summed E-state index contributed by atoms with van der Waals surface area (Å²) in [4.78, 5) is 0. The number of ether oxygens (including phenoxy) is 1. The lowest BCUT2D eigenvalue weighted by molar-refractivity contribution is 0.415. The number of hydrogen-bond acceptors (Lipinski definition) is 2. The summed E-state index contributed by atoms with van der Waals surface area (Å²) in [6.07, 6.45) is 0. The zero-order valence-corrected chi connectivity index (χ0v) is 12.4. The van der Waals surface area contributed by atoms with Crippen molar-refractivity contribution >= 4 is 31.9 Å². The number of hydrogen-bond donors (Lipinski definition) is 0. The van der Waals surface area contributed by atoms with Crippen molar-refractivity contribution in [2.75, 3.05) is 0 Å². The zero-order valence-electron chi connectivity index (χ0n) is 9.25. The highest BCUT2D eigenvalue weighted by Gasteiger charge is 2.12. The third-order valence-corrected chi connectivity index (χ3v) is 3.10. The third kappa shape index (κ3) is 3.31. The Kier molecular flexibility index (Phi) is 4.17. The quantitative estimate of drug-likeness (QED) is 0.666. The van der Waals surface area contributed by atoms with Crippen molar-refractivity contribution < 1.29 is 13.5 Å². The summed E-state index contributed by atoms with van der Waals surface area (Å²) in [5.74, 6) is -2.11. The van der Waals surface area contributed by atoms with Crippen molar-refractivity contribution in [1.29, 1.82) is 5.26 Å². The Bertz CT molecular complexity index is 683.